The summed E-state index contributed by atoms with van der Waals surface area (Å²) in [6.07, 6.45) is 1.35. The van der Waals surface area contributed by atoms with Gasteiger partial charge in [0.15, 0.2) is 0 Å². The van der Waals surface area contributed by atoms with Gasteiger partial charge in [-0.25, -0.2) is 0 Å². The van der Waals surface area contributed by atoms with Crippen LogP contribution in [-0.2, 0) is 23.1 Å². The molecule has 1 heterocycles. The van der Waals surface area contributed by atoms with Gasteiger partial charge in [-0.2, -0.15) is 0 Å². The third-order valence-electron chi connectivity index (χ3n) is 4.48. The second kappa shape index (κ2) is 6.86. The van der Waals surface area contributed by atoms with Crippen molar-refractivity contribution in [3.05, 3.63) is 59.2 Å². The first-order valence-corrected chi connectivity index (χ1v) is 8.13. The van der Waals surface area contributed by atoms with E-state index in [4.69, 9.17) is 5.73 Å². The monoisotopic (exact) mass is 344 g/mol. The molecule has 0 atom stereocenters. The highest BCUT2D eigenvalue weighted by molar-refractivity contribution is 5.96. The molecule has 0 saturated carbocycles. The van der Waals surface area contributed by atoms with Gasteiger partial charge in [0.1, 0.15) is 0 Å². The Morgan fingerprint density at radius 3 is 2.42 bits per heavy atom. The Morgan fingerprint density at radius 2 is 1.79 bits per heavy atom. The summed E-state index contributed by atoms with van der Waals surface area (Å²) in [5, 5.41) is 0. The molecule has 0 fully saturated rings. The molecular formula is C20H25ClN2O. The SMILES string of the molecule is CC(C)(C)c1ccc2c(c1)CCN2C(=O)Cc1ccc(N)cc1.Cl. The summed E-state index contributed by atoms with van der Waals surface area (Å²) in [5.74, 6) is 0.150. The highest BCUT2D eigenvalue weighted by Crippen LogP contribution is 2.33. The van der Waals surface area contributed by atoms with Gasteiger partial charge in [0.05, 0.1) is 6.42 Å². The third kappa shape index (κ3) is 3.73. The minimum Gasteiger partial charge on any atom is -0.399 e. The smallest absolute Gasteiger partial charge is 0.231 e. The molecule has 3 nitrogen and oxygen atoms in total. The molecule has 1 aliphatic rings. The predicted octanol–water partition coefficient (Wildman–Crippen LogP) is 4.12. The van der Waals surface area contributed by atoms with Crippen molar-refractivity contribution in [3.8, 4) is 0 Å². The number of carbonyl (C=O) groups excluding carboxylic acids is 1. The van der Waals surface area contributed by atoms with Crippen LogP contribution in [-0.4, -0.2) is 12.5 Å². The highest BCUT2D eigenvalue weighted by atomic mass is 35.5. The molecule has 0 aliphatic carbocycles. The topological polar surface area (TPSA) is 46.3 Å². The first kappa shape index (κ1) is 18.3. The second-order valence-electron chi connectivity index (χ2n) is 7.31. The van der Waals surface area contributed by atoms with Crippen molar-refractivity contribution in [2.75, 3.05) is 17.2 Å². The van der Waals surface area contributed by atoms with E-state index in [1.165, 1.54) is 11.1 Å². The maximum Gasteiger partial charge on any atom is 0.231 e. The number of fused-ring (bicyclic) bond motifs is 1. The fraction of sp³-hybridized carbons (Fsp3) is 0.350. The lowest BCUT2D eigenvalue weighted by Crippen LogP contribution is -2.30. The van der Waals surface area contributed by atoms with Crippen LogP contribution >= 0.6 is 12.4 Å². The van der Waals surface area contributed by atoms with Crippen LogP contribution in [0.4, 0.5) is 11.4 Å². The van der Waals surface area contributed by atoms with Gasteiger partial charge in [-0.15, -0.1) is 12.4 Å². The van der Waals surface area contributed by atoms with Gasteiger partial charge in [0, 0.05) is 17.9 Å². The van der Waals surface area contributed by atoms with Crippen molar-refractivity contribution < 1.29 is 4.79 Å². The van der Waals surface area contributed by atoms with E-state index in [1.807, 2.05) is 29.2 Å². The van der Waals surface area contributed by atoms with Crippen LogP contribution in [0.5, 0.6) is 0 Å². The normalized spacial score (nSPS) is 13.4. The predicted molar refractivity (Wildman–Crippen MR) is 103 cm³/mol. The van der Waals surface area contributed by atoms with E-state index in [-0.39, 0.29) is 23.7 Å². The number of anilines is 2. The number of nitrogens with zero attached hydrogens (tertiary/aromatic N) is 1. The van der Waals surface area contributed by atoms with E-state index in [0.717, 1.165) is 29.9 Å². The summed E-state index contributed by atoms with van der Waals surface area (Å²) < 4.78 is 0. The zero-order chi connectivity index (χ0) is 16.6. The Balaban J connectivity index is 0.00000208. The van der Waals surface area contributed by atoms with E-state index >= 15 is 0 Å². The van der Waals surface area contributed by atoms with Crippen LogP contribution in [0.25, 0.3) is 0 Å². The lowest BCUT2D eigenvalue weighted by Gasteiger charge is -2.21. The number of nitrogen functional groups attached to an aromatic ring is 1. The zero-order valence-corrected chi connectivity index (χ0v) is 15.3. The van der Waals surface area contributed by atoms with E-state index in [9.17, 15) is 4.79 Å². The summed E-state index contributed by atoms with van der Waals surface area (Å²) in [7, 11) is 0. The van der Waals surface area contributed by atoms with Crippen LogP contribution in [0.2, 0.25) is 0 Å². The molecular weight excluding hydrogens is 320 g/mol. The standard InChI is InChI=1S/C20H24N2O.ClH/c1-20(2,3)16-6-9-18-15(13-16)10-11-22(18)19(23)12-14-4-7-17(21)8-5-14;/h4-9,13H,10-12,21H2,1-3H3;1H. The van der Waals surface area contributed by atoms with Crippen LogP contribution in [0, 0.1) is 0 Å². The first-order chi connectivity index (χ1) is 10.8. The molecule has 2 N–H and O–H groups in total. The van der Waals surface area contributed by atoms with Crippen molar-refractivity contribution in [3.63, 3.8) is 0 Å². The molecule has 4 heteroatoms. The van der Waals surface area contributed by atoms with E-state index in [0.29, 0.717) is 6.42 Å². The number of amides is 1. The Morgan fingerprint density at radius 1 is 1.12 bits per heavy atom. The Kier molecular flexibility index (Phi) is 5.24. The minimum absolute atomic E-state index is 0. The van der Waals surface area contributed by atoms with Crippen LogP contribution in [0.3, 0.4) is 0 Å². The molecule has 1 amide bonds. The molecule has 24 heavy (non-hydrogen) atoms. The molecule has 0 radical (unpaired) electrons. The fourth-order valence-electron chi connectivity index (χ4n) is 3.03. The molecule has 2 aromatic rings. The molecule has 0 unspecified atom stereocenters. The third-order valence-corrected chi connectivity index (χ3v) is 4.48. The molecule has 3 rings (SSSR count). The highest BCUT2D eigenvalue weighted by Gasteiger charge is 2.26. The van der Waals surface area contributed by atoms with E-state index in [2.05, 4.69) is 39.0 Å². The Labute approximate surface area is 150 Å². The Hall–Kier alpha value is -2.00. The van der Waals surface area contributed by atoms with Gasteiger partial charge in [-0.3, -0.25) is 4.79 Å². The number of hydrogen-bond donors (Lipinski definition) is 1. The van der Waals surface area contributed by atoms with Gasteiger partial charge in [0.2, 0.25) is 5.91 Å². The van der Waals surface area contributed by atoms with Crippen molar-refractivity contribution in [2.45, 2.75) is 39.0 Å². The van der Waals surface area contributed by atoms with Gasteiger partial charge in [-0.1, -0.05) is 45.0 Å². The molecule has 2 aromatic carbocycles. The van der Waals surface area contributed by atoms with Gasteiger partial charge < -0.3 is 10.6 Å². The molecule has 0 spiro atoms. The van der Waals surface area contributed by atoms with Gasteiger partial charge >= 0.3 is 0 Å². The van der Waals surface area contributed by atoms with E-state index < -0.39 is 0 Å². The first-order valence-electron chi connectivity index (χ1n) is 8.13. The van der Waals surface area contributed by atoms with Crippen LogP contribution in [0.1, 0.15) is 37.5 Å². The fourth-order valence-corrected chi connectivity index (χ4v) is 3.03. The minimum atomic E-state index is 0. The van der Waals surface area contributed by atoms with Crippen molar-refractivity contribution in [2.24, 2.45) is 0 Å². The van der Waals surface area contributed by atoms with Crippen molar-refractivity contribution in [1.29, 1.82) is 0 Å². The molecule has 0 saturated heterocycles. The number of nitrogens with two attached hydrogens (primary N) is 1. The largest absolute Gasteiger partial charge is 0.399 e. The quantitative estimate of drug-likeness (QED) is 0.833. The van der Waals surface area contributed by atoms with Crippen molar-refractivity contribution in [1.82, 2.24) is 0 Å². The second-order valence-corrected chi connectivity index (χ2v) is 7.31. The summed E-state index contributed by atoms with van der Waals surface area (Å²) in [6, 6.07) is 14.0. The molecule has 1 aliphatic heterocycles. The number of carbonyl (C=O) groups is 1. The number of rotatable bonds is 2. The van der Waals surface area contributed by atoms with Gasteiger partial charge in [-0.05, 0) is 46.7 Å². The number of halogens is 1. The maximum absolute atomic E-state index is 12.6. The van der Waals surface area contributed by atoms with E-state index in [1.54, 1.807) is 0 Å². The average Bonchev–Trinajstić information content (AvgIpc) is 2.92. The molecule has 0 bridgehead atoms. The van der Waals surface area contributed by atoms with Crippen LogP contribution in [0.15, 0.2) is 42.5 Å². The summed E-state index contributed by atoms with van der Waals surface area (Å²) in [5.41, 5.74) is 11.2. The molecule has 128 valence electrons. The average molecular weight is 345 g/mol. The summed E-state index contributed by atoms with van der Waals surface area (Å²) in [4.78, 5) is 14.6. The lowest BCUT2D eigenvalue weighted by atomic mass is 9.86. The van der Waals surface area contributed by atoms with Crippen LogP contribution < -0.4 is 10.6 Å². The maximum atomic E-state index is 12.6. The summed E-state index contributed by atoms with van der Waals surface area (Å²) >= 11 is 0. The molecule has 0 aromatic heterocycles. The number of benzene rings is 2. The van der Waals surface area contributed by atoms with Gasteiger partial charge in [0.25, 0.3) is 0 Å². The Bertz CT molecular complexity index is 732. The zero-order valence-electron chi connectivity index (χ0n) is 14.5. The number of hydrogen-bond acceptors (Lipinski definition) is 2. The lowest BCUT2D eigenvalue weighted by molar-refractivity contribution is -0.117. The summed E-state index contributed by atoms with van der Waals surface area (Å²) in [6.45, 7) is 7.42. The van der Waals surface area contributed by atoms with Crippen molar-refractivity contribution >= 4 is 29.7 Å².